The number of rotatable bonds is 4. The van der Waals surface area contributed by atoms with E-state index in [2.05, 4.69) is 32.9 Å². The Morgan fingerprint density at radius 2 is 1.47 bits per heavy atom. The van der Waals surface area contributed by atoms with Crippen LogP contribution in [0.5, 0.6) is 0 Å². The van der Waals surface area contributed by atoms with Gasteiger partial charge in [0.15, 0.2) is 5.78 Å². The monoisotopic (exact) mass is 395 g/mol. The Morgan fingerprint density at radius 1 is 0.800 bits per heavy atom. The number of nitrogens with zero attached hydrogens (tertiary/aromatic N) is 1. The standard InChI is InChI=1S/C27H25NO2/c1-17-10-11-25-22(14-17)15-23(26(29)21-8-6-5-7-9-21)27(30)28(25)16-24-19(3)12-18(2)13-20(24)4/h5-15H,16H2,1-4H3. The lowest BCUT2D eigenvalue weighted by Gasteiger charge is -2.17. The maximum absolute atomic E-state index is 13.5. The minimum Gasteiger partial charge on any atom is -0.303 e. The molecule has 0 N–H and O–H groups in total. The van der Waals surface area contributed by atoms with Crippen molar-refractivity contribution in [3.05, 3.63) is 116 Å². The summed E-state index contributed by atoms with van der Waals surface area (Å²) in [5, 5.41) is 0.899. The molecule has 4 rings (SSSR count). The first-order valence-corrected chi connectivity index (χ1v) is 10.2. The molecule has 0 radical (unpaired) electrons. The summed E-state index contributed by atoms with van der Waals surface area (Å²) in [6, 6.07) is 21.0. The van der Waals surface area contributed by atoms with Crippen LogP contribution in [0, 0.1) is 27.7 Å². The molecule has 0 aliphatic heterocycles. The number of ketones is 1. The molecule has 0 fully saturated rings. The van der Waals surface area contributed by atoms with E-state index in [1.165, 1.54) is 5.56 Å². The first-order chi connectivity index (χ1) is 14.3. The van der Waals surface area contributed by atoms with Crippen molar-refractivity contribution in [3.63, 3.8) is 0 Å². The van der Waals surface area contributed by atoms with Gasteiger partial charge in [0, 0.05) is 5.56 Å². The van der Waals surface area contributed by atoms with Crippen LogP contribution in [-0.2, 0) is 6.54 Å². The highest BCUT2D eigenvalue weighted by Gasteiger charge is 2.18. The number of aryl methyl sites for hydroxylation is 4. The molecule has 0 spiro atoms. The fourth-order valence-corrected chi connectivity index (χ4v) is 4.19. The molecule has 0 amide bonds. The Labute approximate surface area is 176 Å². The average Bonchev–Trinajstić information content (AvgIpc) is 2.71. The Kier molecular flexibility index (Phi) is 5.13. The van der Waals surface area contributed by atoms with Crippen LogP contribution in [0.3, 0.4) is 0 Å². The van der Waals surface area contributed by atoms with E-state index in [9.17, 15) is 9.59 Å². The van der Waals surface area contributed by atoms with Crippen LogP contribution in [0.4, 0.5) is 0 Å². The van der Waals surface area contributed by atoms with Crippen molar-refractivity contribution in [1.29, 1.82) is 0 Å². The molecule has 3 heteroatoms. The van der Waals surface area contributed by atoms with Crippen molar-refractivity contribution in [2.75, 3.05) is 0 Å². The number of fused-ring (bicyclic) bond motifs is 1. The molecule has 0 saturated heterocycles. The van der Waals surface area contributed by atoms with Gasteiger partial charge in [0.05, 0.1) is 17.6 Å². The summed E-state index contributed by atoms with van der Waals surface area (Å²) in [6.07, 6.45) is 0. The summed E-state index contributed by atoms with van der Waals surface area (Å²) in [6.45, 7) is 8.68. The lowest BCUT2D eigenvalue weighted by Crippen LogP contribution is -2.28. The minimum absolute atomic E-state index is 0.210. The second kappa shape index (κ2) is 7.75. The Bertz CT molecular complexity index is 1310. The van der Waals surface area contributed by atoms with Crippen molar-refractivity contribution < 1.29 is 4.79 Å². The molecule has 4 aromatic rings. The lowest BCUT2D eigenvalue weighted by molar-refractivity contribution is 0.103. The summed E-state index contributed by atoms with van der Waals surface area (Å²) >= 11 is 0. The van der Waals surface area contributed by atoms with Crippen LogP contribution in [0.15, 0.2) is 71.5 Å². The third kappa shape index (κ3) is 3.59. The molecular formula is C27H25NO2. The van der Waals surface area contributed by atoms with Crippen LogP contribution in [0.25, 0.3) is 10.9 Å². The Hall–Kier alpha value is -3.46. The molecule has 0 saturated carbocycles. The molecule has 0 bridgehead atoms. The van der Waals surface area contributed by atoms with Gasteiger partial charge in [-0.3, -0.25) is 9.59 Å². The number of benzene rings is 3. The van der Waals surface area contributed by atoms with Gasteiger partial charge in [-0.15, -0.1) is 0 Å². The topological polar surface area (TPSA) is 39.1 Å². The summed E-state index contributed by atoms with van der Waals surface area (Å²) < 4.78 is 1.75. The van der Waals surface area contributed by atoms with Crippen LogP contribution in [-0.4, -0.2) is 10.4 Å². The fourth-order valence-electron chi connectivity index (χ4n) is 4.19. The van der Waals surface area contributed by atoms with E-state index >= 15 is 0 Å². The van der Waals surface area contributed by atoms with Gasteiger partial charge in [-0.05, 0) is 68.0 Å². The van der Waals surface area contributed by atoms with Gasteiger partial charge >= 0.3 is 0 Å². The summed E-state index contributed by atoms with van der Waals surface area (Å²) in [5.41, 5.74) is 7.04. The molecule has 3 nitrogen and oxygen atoms in total. The molecule has 0 aliphatic carbocycles. The largest absolute Gasteiger partial charge is 0.303 e. The average molecular weight is 396 g/mol. The number of hydrogen-bond donors (Lipinski definition) is 0. The van der Waals surface area contributed by atoms with Crippen LogP contribution >= 0.6 is 0 Å². The first-order valence-electron chi connectivity index (χ1n) is 10.2. The van der Waals surface area contributed by atoms with E-state index in [4.69, 9.17) is 0 Å². The van der Waals surface area contributed by atoms with E-state index in [0.717, 1.165) is 33.2 Å². The molecule has 1 aromatic heterocycles. The number of carbonyl (C=O) groups excluding carboxylic acids is 1. The molecule has 150 valence electrons. The van der Waals surface area contributed by atoms with Gasteiger partial charge in [-0.25, -0.2) is 0 Å². The van der Waals surface area contributed by atoms with Crippen LogP contribution in [0.2, 0.25) is 0 Å². The van der Waals surface area contributed by atoms with Gasteiger partial charge < -0.3 is 4.57 Å². The normalized spacial score (nSPS) is 11.1. The molecule has 30 heavy (non-hydrogen) atoms. The first kappa shape index (κ1) is 19.8. The number of carbonyl (C=O) groups is 1. The maximum Gasteiger partial charge on any atom is 0.262 e. The fraction of sp³-hybridized carbons (Fsp3) is 0.185. The van der Waals surface area contributed by atoms with Gasteiger partial charge in [0.1, 0.15) is 0 Å². The highest BCUT2D eigenvalue weighted by Crippen LogP contribution is 2.22. The van der Waals surface area contributed by atoms with Gasteiger partial charge in [0.25, 0.3) is 5.56 Å². The van der Waals surface area contributed by atoms with E-state index in [1.54, 1.807) is 22.8 Å². The van der Waals surface area contributed by atoms with Crippen molar-refractivity contribution in [1.82, 2.24) is 4.57 Å². The van der Waals surface area contributed by atoms with Gasteiger partial charge in [0.2, 0.25) is 0 Å². The zero-order valence-corrected chi connectivity index (χ0v) is 17.8. The molecule has 0 atom stereocenters. The molecule has 0 aliphatic rings. The summed E-state index contributed by atoms with van der Waals surface area (Å²) in [5.74, 6) is -0.241. The Balaban J connectivity index is 1.96. The van der Waals surface area contributed by atoms with Crippen molar-refractivity contribution in [3.8, 4) is 0 Å². The van der Waals surface area contributed by atoms with E-state index in [-0.39, 0.29) is 16.9 Å². The van der Waals surface area contributed by atoms with Crippen molar-refractivity contribution in [2.24, 2.45) is 0 Å². The van der Waals surface area contributed by atoms with Crippen LogP contribution in [0.1, 0.15) is 43.7 Å². The highest BCUT2D eigenvalue weighted by atomic mass is 16.1. The molecule has 1 heterocycles. The summed E-state index contributed by atoms with van der Waals surface area (Å²) in [4.78, 5) is 26.7. The van der Waals surface area contributed by atoms with Crippen molar-refractivity contribution in [2.45, 2.75) is 34.2 Å². The zero-order valence-electron chi connectivity index (χ0n) is 17.8. The van der Waals surface area contributed by atoms with Crippen molar-refractivity contribution >= 4 is 16.7 Å². The van der Waals surface area contributed by atoms with Gasteiger partial charge in [-0.1, -0.05) is 59.7 Å². The summed E-state index contributed by atoms with van der Waals surface area (Å²) in [7, 11) is 0. The number of hydrogen-bond acceptors (Lipinski definition) is 2. The highest BCUT2D eigenvalue weighted by molar-refractivity contribution is 6.10. The molecule has 0 unspecified atom stereocenters. The third-order valence-electron chi connectivity index (χ3n) is 5.69. The van der Waals surface area contributed by atoms with E-state index in [1.807, 2.05) is 43.3 Å². The zero-order chi connectivity index (χ0) is 21.4. The van der Waals surface area contributed by atoms with Crippen LogP contribution < -0.4 is 5.56 Å². The lowest BCUT2D eigenvalue weighted by atomic mass is 9.98. The number of aromatic nitrogens is 1. The molecular weight excluding hydrogens is 370 g/mol. The van der Waals surface area contributed by atoms with E-state index < -0.39 is 0 Å². The SMILES string of the molecule is Cc1cc(C)c(Cn2c(=O)c(C(=O)c3ccccc3)cc3cc(C)ccc32)c(C)c1. The van der Waals surface area contributed by atoms with Gasteiger partial charge in [-0.2, -0.15) is 0 Å². The number of pyridine rings is 1. The smallest absolute Gasteiger partial charge is 0.262 e. The minimum atomic E-state index is -0.250. The molecule has 3 aromatic carbocycles. The second-order valence-electron chi connectivity index (χ2n) is 8.08. The third-order valence-corrected chi connectivity index (χ3v) is 5.69. The van der Waals surface area contributed by atoms with E-state index in [0.29, 0.717) is 12.1 Å². The second-order valence-corrected chi connectivity index (χ2v) is 8.08. The predicted molar refractivity (Wildman–Crippen MR) is 123 cm³/mol. The maximum atomic E-state index is 13.5. The predicted octanol–water partition coefficient (Wildman–Crippen LogP) is 5.51. The quantitative estimate of drug-likeness (QED) is 0.427. The Morgan fingerprint density at radius 3 is 2.13 bits per heavy atom.